The summed E-state index contributed by atoms with van der Waals surface area (Å²) < 4.78 is 21.8. The van der Waals surface area contributed by atoms with Gasteiger partial charge in [0.05, 0.1) is 5.75 Å². The van der Waals surface area contributed by atoms with Gasteiger partial charge in [-0.3, -0.25) is 9.36 Å². The summed E-state index contributed by atoms with van der Waals surface area (Å²) in [7, 11) is 0. The van der Waals surface area contributed by atoms with Crippen molar-refractivity contribution in [2.45, 2.75) is 32.0 Å². The quantitative estimate of drug-likeness (QED) is 0.321. The zero-order chi connectivity index (χ0) is 24.1. The number of ether oxygens (including phenoxy) is 1. The van der Waals surface area contributed by atoms with Crippen molar-refractivity contribution in [3.8, 4) is 11.4 Å². The molecule has 0 aliphatic carbocycles. The number of anilines is 1. The molecule has 0 aliphatic heterocycles. The second-order valence-electron chi connectivity index (χ2n) is 7.86. The van der Waals surface area contributed by atoms with Gasteiger partial charge in [-0.05, 0) is 62.2 Å². The van der Waals surface area contributed by atoms with E-state index in [0.29, 0.717) is 11.0 Å². The van der Waals surface area contributed by atoms with Crippen molar-refractivity contribution >= 4 is 23.4 Å². The minimum atomic E-state index is -0.581. The molecule has 4 rings (SSSR count). The van der Waals surface area contributed by atoms with Gasteiger partial charge in [0.15, 0.2) is 28.7 Å². The third-order valence-electron chi connectivity index (χ3n) is 5.18. The molecule has 1 N–H and O–H groups in total. The number of para-hydroxylation sites is 2. The Morgan fingerprint density at radius 3 is 2.56 bits per heavy atom. The van der Waals surface area contributed by atoms with Crippen LogP contribution < -0.4 is 10.1 Å². The second kappa shape index (κ2) is 10.5. The minimum absolute atomic E-state index is 0.139. The molecule has 0 fully saturated rings. The van der Waals surface area contributed by atoms with Crippen LogP contribution in [0.4, 0.5) is 10.1 Å². The fraction of sp³-hybridized carbons (Fsp3) is 0.192. The lowest BCUT2D eigenvalue weighted by molar-refractivity contribution is -0.113. The van der Waals surface area contributed by atoms with Gasteiger partial charge in [-0.2, -0.15) is 0 Å². The Bertz CT molecular complexity index is 1290. The molecule has 0 aliphatic rings. The highest BCUT2D eigenvalue weighted by Gasteiger charge is 2.22. The molecule has 1 heterocycles. The number of aromatic nitrogens is 3. The Morgan fingerprint density at radius 1 is 1.06 bits per heavy atom. The number of halogens is 1. The largest absolute Gasteiger partial charge is 0.480 e. The topological polar surface area (TPSA) is 69.0 Å². The Kier molecular flexibility index (Phi) is 7.27. The number of nitrogens with one attached hydrogen (secondary N) is 1. The highest BCUT2D eigenvalue weighted by molar-refractivity contribution is 7.99. The van der Waals surface area contributed by atoms with E-state index in [9.17, 15) is 9.18 Å². The molecule has 1 unspecified atom stereocenters. The molecule has 0 saturated heterocycles. The highest BCUT2D eigenvalue weighted by Crippen LogP contribution is 2.29. The Hall–Kier alpha value is -3.65. The van der Waals surface area contributed by atoms with Crippen LogP contribution in [0, 0.1) is 19.7 Å². The van der Waals surface area contributed by atoms with E-state index in [0.717, 1.165) is 22.5 Å². The SMILES string of the molecule is Cc1ccc(C)c(NC(=O)CSc2nnc(C(C)Oc3ccccc3F)n2-c2ccccc2)c1. The summed E-state index contributed by atoms with van der Waals surface area (Å²) in [6, 6.07) is 21.7. The maximum absolute atomic E-state index is 14.1. The molecule has 1 atom stereocenters. The van der Waals surface area contributed by atoms with Gasteiger partial charge in [0.1, 0.15) is 0 Å². The molecule has 0 bridgehead atoms. The Morgan fingerprint density at radius 2 is 1.79 bits per heavy atom. The predicted molar refractivity (Wildman–Crippen MR) is 132 cm³/mol. The van der Waals surface area contributed by atoms with Crippen molar-refractivity contribution < 1.29 is 13.9 Å². The van der Waals surface area contributed by atoms with Gasteiger partial charge in [-0.1, -0.05) is 54.2 Å². The van der Waals surface area contributed by atoms with Gasteiger partial charge < -0.3 is 10.1 Å². The molecule has 0 spiro atoms. The number of carbonyl (C=O) groups is 1. The molecule has 1 amide bonds. The van der Waals surface area contributed by atoms with E-state index < -0.39 is 11.9 Å². The number of aryl methyl sites for hydroxylation is 2. The molecule has 0 radical (unpaired) electrons. The highest BCUT2D eigenvalue weighted by atomic mass is 32.2. The zero-order valence-corrected chi connectivity index (χ0v) is 20.0. The van der Waals surface area contributed by atoms with Crippen molar-refractivity contribution in [2.75, 3.05) is 11.1 Å². The van der Waals surface area contributed by atoms with Gasteiger partial charge >= 0.3 is 0 Å². The van der Waals surface area contributed by atoms with Gasteiger partial charge in [0.25, 0.3) is 0 Å². The van der Waals surface area contributed by atoms with E-state index in [1.165, 1.54) is 17.8 Å². The number of benzene rings is 3. The van der Waals surface area contributed by atoms with E-state index >= 15 is 0 Å². The minimum Gasteiger partial charge on any atom is -0.480 e. The number of thioether (sulfide) groups is 1. The van der Waals surface area contributed by atoms with E-state index in [4.69, 9.17) is 4.74 Å². The number of amides is 1. The smallest absolute Gasteiger partial charge is 0.234 e. The average molecular weight is 477 g/mol. The van der Waals surface area contributed by atoms with Crippen LogP contribution >= 0.6 is 11.8 Å². The Labute approximate surface area is 202 Å². The van der Waals surface area contributed by atoms with Crippen LogP contribution in [0.25, 0.3) is 5.69 Å². The second-order valence-corrected chi connectivity index (χ2v) is 8.80. The number of carbonyl (C=O) groups excluding carboxylic acids is 1. The van der Waals surface area contributed by atoms with Gasteiger partial charge in [0, 0.05) is 11.4 Å². The average Bonchev–Trinajstić information content (AvgIpc) is 3.26. The van der Waals surface area contributed by atoms with Gasteiger partial charge in [0.2, 0.25) is 5.91 Å². The molecule has 1 aromatic heterocycles. The van der Waals surface area contributed by atoms with Crippen LogP contribution in [0.3, 0.4) is 0 Å². The first-order chi connectivity index (χ1) is 16.4. The van der Waals surface area contributed by atoms with Crippen molar-refractivity contribution in [3.63, 3.8) is 0 Å². The summed E-state index contributed by atoms with van der Waals surface area (Å²) in [5, 5.41) is 12.1. The molecular formula is C26H25FN4O2S. The lowest BCUT2D eigenvalue weighted by Crippen LogP contribution is -2.16. The first kappa shape index (κ1) is 23.5. The Balaban J connectivity index is 1.55. The van der Waals surface area contributed by atoms with E-state index in [-0.39, 0.29) is 17.4 Å². The molecule has 0 saturated carbocycles. The fourth-order valence-electron chi connectivity index (χ4n) is 3.43. The summed E-state index contributed by atoms with van der Waals surface area (Å²) in [5.41, 5.74) is 3.69. The van der Waals surface area contributed by atoms with Crippen molar-refractivity contribution in [1.29, 1.82) is 0 Å². The number of hydrogen-bond donors (Lipinski definition) is 1. The molecule has 6 nitrogen and oxygen atoms in total. The van der Waals surface area contributed by atoms with E-state index in [2.05, 4.69) is 15.5 Å². The maximum atomic E-state index is 14.1. The number of rotatable bonds is 8. The lowest BCUT2D eigenvalue weighted by atomic mass is 10.1. The predicted octanol–water partition coefficient (Wildman–Crippen LogP) is 5.89. The third-order valence-corrected chi connectivity index (χ3v) is 6.11. The standard InChI is InChI=1S/C26H25FN4O2S/c1-17-13-14-18(2)22(15-17)28-24(32)16-34-26-30-29-25(31(26)20-9-5-4-6-10-20)19(3)33-23-12-8-7-11-21(23)27/h4-15,19H,16H2,1-3H3,(H,28,32). The monoisotopic (exact) mass is 476 g/mol. The number of nitrogens with zero attached hydrogens (tertiary/aromatic N) is 3. The molecule has 3 aromatic carbocycles. The summed E-state index contributed by atoms with van der Waals surface area (Å²) in [6.45, 7) is 5.73. The third kappa shape index (κ3) is 5.46. The molecule has 4 aromatic rings. The van der Waals surface area contributed by atoms with Crippen molar-refractivity contribution in [3.05, 3.63) is 95.6 Å². The molecule has 34 heavy (non-hydrogen) atoms. The fourth-order valence-corrected chi connectivity index (χ4v) is 4.19. The van der Waals surface area contributed by atoms with Gasteiger partial charge in [-0.15, -0.1) is 10.2 Å². The van der Waals surface area contributed by atoms with E-state index in [1.54, 1.807) is 25.1 Å². The lowest BCUT2D eigenvalue weighted by Gasteiger charge is -2.17. The van der Waals surface area contributed by atoms with Crippen LogP contribution in [0.5, 0.6) is 5.75 Å². The van der Waals surface area contributed by atoms with Crippen LogP contribution in [0.1, 0.15) is 30.0 Å². The number of hydrogen-bond acceptors (Lipinski definition) is 5. The maximum Gasteiger partial charge on any atom is 0.234 e. The molecular weight excluding hydrogens is 451 g/mol. The van der Waals surface area contributed by atoms with Crippen LogP contribution in [0.15, 0.2) is 78.0 Å². The van der Waals surface area contributed by atoms with Gasteiger partial charge in [-0.25, -0.2) is 4.39 Å². The first-order valence-electron chi connectivity index (χ1n) is 10.8. The summed E-state index contributed by atoms with van der Waals surface area (Å²) in [4.78, 5) is 12.7. The summed E-state index contributed by atoms with van der Waals surface area (Å²) in [5.74, 6) is 0.212. The zero-order valence-electron chi connectivity index (χ0n) is 19.2. The summed E-state index contributed by atoms with van der Waals surface area (Å²) in [6.07, 6.45) is -0.581. The van der Waals surface area contributed by atoms with E-state index in [1.807, 2.05) is 66.9 Å². The summed E-state index contributed by atoms with van der Waals surface area (Å²) >= 11 is 1.27. The van der Waals surface area contributed by atoms with Crippen molar-refractivity contribution in [1.82, 2.24) is 14.8 Å². The van der Waals surface area contributed by atoms with Crippen LogP contribution in [-0.4, -0.2) is 26.4 Å². The van der Waals surface area contributed by atoms with Crippen LogP contribution in [-0.2, 0) is 4.79 Å². The normalized spacial score (nSPS) is 11.8. The molecule has 174 valence electrons. The molecule has 8 heteroatoms. The van der Waals surface area contributed by atoms with Crippen molar-refractivity contribution in [2.24, 2.45) is 0 Å². The van der Waals surface area contributed by atoms with Crippen LogP contribution in [0.2, 0.25) is 0 Å². The first-order valence-corrected chi connectivity index (χ1v) is 11.8.